The zero-order chi connectivity index (χ0) is 14.8. The Bertz CT molecular complexity index is 629. The van der Waals surface area contributed by atoms with Gasteiger partial charge in [-0.15, -0.1) is 0 Å². The van der Waals surface area contributed by atoms with E-state index < -0.39 is 0 Å². The Morgan fingerprint density at radius 1 is 1.00 bits per heavy atom. The van der Waals surface area contributed by atoms with Crippen LogP contribution in [0.4, 0.5) is 0 Å². The summed E-state index contributed by atoms with van der Waals surface area (Å²) in [4.78, 5) is 2.65. The summed E-state index contributed by atoms with van der Waals surface area (Å²) < 4.78 is 0. The normalized spacial score (nSPS) is 19.1. The molecule has 1 fully saturated rings. The molecule has 0 spiro atoms. The van der Waals surface area contributed by atoms with Crippen molar-refractivity contribution in [2.45, 2.75) is 46.2 Å². The van der Waals surface area contributed by atoms with Gasteiger partial charge < -0.3 is 0 Å². The van der Waals surface area contributed by atoms with E-state index in [0.717, 1.165) is 6.54 Å². The number of hydrogen-bond acceptors (Lipinski definition) is 1. The molecule has 2 aromatic rings. The molecule has 1 saturated heterocycles. The number of likely N-dealkylation sites (tertiary alicyclic amines) is 1. The van der Waals surface area contributed by atoms with Crippen LogP contribution in [-0.4, -0.2) is 11.4 Å². The van der Waals surface area contributed by atoms with Gasteiger partial charge in [-0.05, 0) is 56.8 Å². The lowest BCUT2D eigenvalue weighted by Crippen LogP contribution is -2.23. The first-order valence-corrected chi connectivity index (χ1v) is 8.00. The lowest BCUT2D eigenvalue weighted by molar-refractivity contribution is 0.248. The van der Waals surface area contributed by atoms with E-state index in [1.807, 2.05) is 0 Å². The largest absolute Gasteiger partial charge is 0.292 e. The molecule has 1 aliphatic rings. The third-order valence-corrected chi connectivity index (χ3v) is 4.67. The predicted octanol–water partition coefficient (Wildman–Crippen LogP) is 4.95. The monoisotopic (exact) mass is 279 g/mol. The molecule has 0 N–H and O–H groups in total. The Labute approximate surface area is 128 Å². The molecular weight excluding hydrogens is 254 g/mol. The molecule has 1 nitrogen and oxygen atoms in total. The van der Waals surface area contributed by atoms with Crippen LogP contribution in [0.15, 0.2) is 42.5 Å². The van der Waals surface area contributed by atoms with Gasteiger partial charge in [0.25, 0.3) is 0 Å². The third-order valence-electron chi connectivity index (χ3n) is 4.67. The van der Waals surface area contributed by atoms with E-state index in [1.165, 1.54) is 47.2 Å². The fraction of sp³-hybridized carbons (Fsp3) is 0.400. The van der Waals surface area contributed by atoms with Gasteiger partial charge in [-0.2, -0.15) is 0 Å². The summed E-state index contributed by atoms with van der Waals surface area (Å²) in [6.45, 7) is 8.89. The van der Waals surface area contributed by atoms with Crippen LogP contribution in [0.1, 0.15) is 46.7 Å². The van der Waals surface area contributed by atoms with E-state index in [1.54, 1.807) is 0 Å². The van der Waals surface area contributed by atoms with Crippen molar-refractivity contribution < 1.29 is 0 Å². The maximum atomic E-state index is 2.65. The Hall–Kier alpha value is -1.60. The predicted molar refractivity (Wildman–Crippen MR) is 89.5 cm³/mol. The van der Waals surface area contributed by atoms with Gasteiger partial charge >= 0.3 is 0 Å². The van der Waals surface area contributed by atoms with Gasteiger partial charge in [0.05, 0.1) is 0 Å². The van der Waals surface area contributed by atoms with Crippen molar-refractivity contribution >= 4 is 0 Å². The summed E-state index contributed by atoms with van der Waals surface area (Å²) in [5.41, 5.74) is 7.11. The van der Waals surface area contributed by atoms with E-state index in [-0.39, 0.29) is 0 Å². The van der Waals surface area contributed by atoms with Crippen molar-refractivity contribution in [3.63, 3.8) is 0 Å². The van der Waals surface area contributed by atoms with E-state index in [9.17, 15) is 0 Å². The van der Waals surface area contributed by atoms with Crippen molar-refractivity contribution in [3.8, 4) is 0 Å². The lowest BCUT2D eigenvalue weighted by atomic mass is 10.0. The summed E-state index contributed by atoms with van der Waals surface area (Å²) in [5, 5.41) is 0. The zero-order valence-corrected chi connectivity index (χ0v) is 13.4. The quantitative estimate of drug-likeness (QED) is 0.768. The van der Waals surface area contributed by atoms with Crippen LogP contribution in [0.5, 0.6) is 0 Å². The fourth-order valence-corrected chi connectivity index (χ4v) is 3.46. The first-order chi connectivity index (χ1) is 10.1. The molecule has 21 heavy (non-hydrogen) atoms. The second-order valence-electron chi connectivity index (χ2n) is 6.47. The molecule has 1 heterocycles. The molecular formula is C20H25N. The van der Waals surface area contributed by atoms with Gasteiger partial charge in [0.2, 0.25) is 0 Å². The molecule has 0 saturated carbocycles. The minimum Gasteiger partial charge on any atom is -0.292 e. The molecule has 0 aliphatic carbocycles. The highest BCUT2D eigenvalue weighted by molar-refractivity contribution is 5.31. The average molecular weight is 279 g/mol. The molecule has 3 rings (SSSR count). The van der Waals surface area contributed by atoms with Gasteiger partial charge in [-0.25, -0.2) is 0 Å². The van der Waals surface area contributed by atoms with Gasteiger partial charge in [0, 0.05) is 12.6 Å². The lowest BCUT2D eigenvalue weighted by Gasteiger charge is -2.26. The van der Waals surface area contributed by atoms with Gasteiger partial charge in [-0.3, -0.25) is 4.90 Å². The van der Waals surface area contributed by atoms with Crippen LogP contribution < -0.4 is 0 Å². The van der Waals surface area contributed by atoms with E-state index in [2.05, 4.69) is 68.1 Å². The van der Waals surface area contributed by atoms with Crippen LogP contribution in [0.25, 0.3) is 0 Å². The Balaban J connectivity index is 1.83. The highest BCUT2D eigenvalue weighted by atomic mass is 15.2. The topological polar surface area (TPSA) is 3.24 Å². The summed E-state index contributed by atoms with van der Waals surface area (Å²) in [6.07, 6.45) is 2.60. The highest BCUT2D eigenvalue weighted by Crippen LogP contribution is 2.33. The average Bonchev–Trinajstić information content (AvgIpc) is 2.91. The Morgan fingerprint density at radius 2 is 1.81 bits per heavy atom. The molecule has 0 unspecified atom stereocenters. The third kappa shape index (κ3) is 3.19. The summed E-state index contributed by atoms with van der Waals surface area (Å²) in [7, 11) is 0. The zero-order valence-electron chi connectivity index (χ0n) is 13.4. The fourth-order valence-electron chi connectivity index (χ4n) is 3.46. The van der Waals surface area contributed by atoms with Crippen molar-refractivity contribution in [1.29, 1.82) is 0 Å². The summed E-state index contributed by atoms with van der Waals surface area (Å²) in [6, 6.07) is 16.4. The summed E-state index contributed by atoms with van der Waals surface area (Å²) >= 11 is 0. The standard InChI is InChI=1S/C20H25N/c1-15-6-4-7-18(12-15)20-8-5-11-21(20)14-19-13-16(2)9-10-17(19)3/h4,6-7,9-10,12-13,20H,5,8,11,14H2,1-3H3/t20-/m0/s1. The molecule has 0 aromatic heterocycles. The molecule has 110 valence electrons. The van der Waals surface area contributed by atoms with Crippen molar-refractivity contribution in [1.82, 2.24) is 4.90 Å². The molecule has 1 aliphatic heterocycles. The maximum absolute atomic E-state index is 2.65. The van der Waals surface area contributed by atoms with Crippen molar-refractivity contribution in [2.75, 3.05) is 6.54 Å². The smallest absolute Gasteiger partial charge is 0.0352 e. The van der Waals surface area contributed by atoms with E-state index in [0.29, 0.717) is 6.04 Å². The first kappa shape index (κ1) is 14.3. The number of aryl methyl sites for hydroxylation is 3. The highest BCUT2D eigenvalue weighted by Gasteiger charge is 2.26. The van der Waals surface area contributed by atoms with Gasteiger partial charge in [0.15, 0.2) is 0 Å². The molecule has 2 aromatic carbocycles. The van der Waals surface area contributed by atoms with Gasteiger partial charge in [-0.1, -0.05) is 53.6 Å². The number of nitrogens with zero attached hydrogens (tertiary/aromatic N) is 1. The van der Waals surface area contributed by atoms with Crippen LogP contribution in [0, 0.1) is 20.8 Å². The molecule has 0 radical (unpaired) electrons. The first-order valence-electron chi connectivity index (χ1n) is 8.00. The molecule has 0 bridgehead atoms. The van der Waals surface area contributed by atoms with Crippen LogP contribution in [0.3, 0.4) is 0 Å². The molecule has 1 atom stereocenters. The van der Waals surface area contributed by atoms with Crippen LogP contribution in [-0.2, 0) is 6.54 Å². The Morgan fingerprint density at radius 3 is 2.62 bits per heavy atom. The maximum Gasteiger partial charge on any atom is 0.0352 e. The number of hydrogen-bond donors (Lipinski definition) is 0. The minimum absolute atomic E-state index is 0.588. The molecule has 0 amide bonds. The Kier molecular flexibility index (Phi) is 4.12. The number of benzene rings is 2. The van der Waals surface area contributed by atoms with Crippen molar-refractivity contribution in [3.05, 3.63) is 70.3 Å². The van der Waals surface area contributed by atoms with E-state index >= 15 is 0 Å². The molecule has 1 heteroatoms. The van der Waals surface area contributed by atoms with Crippen LogP contribution in [0.2, 0.25) is 0 Å². The second-order valence-corrected chi connectivity index (χ2v) is 6.47. The van der Waals surface area contributed by atoms with Crippen LogP contribution >= 0.6 is 0 Å². The SMILES string of the molecule is Cc1cccc([C@@H]2CCCN2Cc2cc(C)ccc2C)c1. The number of rotatable bonds is 3. The minimum atomic E-state index is 0.588. The van der Waals surface area contributed by atoms with Crippen molar-refractivity contribution in [2.24, 2.45) is 0 Å². The van der Waals surface area contributed by atoms with E-state index in [4.69, 9.17) is 0 Å². The second kappa shape index (κ2) is 6.03. The van der Waals surface area contributed by atoms with Gasteiger partial charge in [0.1, 0.15) is 0 Å². The summed E-state index contributed by atoms with van der Waals surface area (Å²) in [5.74, 6) is 0.